The molecule has 0 heterocycles. The Hall–Kier alpha value is -1.26. The summed E-state index contributed by atoms with van der Waals surface area (Å²) in [5.74, 6) is -0.404. The summed E-state index contributed by atoms with van der Waals surface area (Å²) < 4.78 is 0. The number of carbonyl (C=O) groups is 2. The summed E-state index contributed by atoms with van der Waals surface area (Å²) in [6, 6.07) is -1.13. The Morgan fingerprint density at radius 2 is 1.89 bits per heavy atom. The molecule has 1 fully saturated rings. The third kappa shape index (κ3) is 4.20. The lowest BCUT2D eigenvalue weighted by atomic mass is 9.81. The van der Waals surface area contributed by atoms with E-state index in [-0.39, 0.29) is 17.4 Å². The molecule has 5 heteroatoms. The summed E-state index contributed by atoms with van der Waals surface area (Å²) in [4.78, 5) is 22.7. The predicted octanol–water partition coefficient (Wildman–Crippen LogP) is 1.83. The van der Waals surface area contributed by atoms with Crippen molar-refractivity contribution >= 4 is 12.0 Å². The van der Waals surface area contributed by atoms with E-state index in [0.717, 1.165) is 12.8 Å². The third-order valence-electron chi connectivity index (χ3n) is 3.91. The Labute approximate surface area is 108 Å². The van der Waals surface area contributed by atoms with Gasteiger partial charge in [-0.15, -0.1) is 0 Å². The number of carbonyl (C=O) groups excluding carboxylic acids is 1. The SMILES string of the molecule is CC(C)C(C)(C)CNC(=O)NC(C(=O)O)C1CC1. The van der Waals surface area contributed by atoms with Crippen molar-refractivity contribution in [1.29, 1.82) is 0 Å². The minimum atomic E-state index is -0.948. The van der Waals surface area contributed by atoms with E-state index in [0.29, 0.717) is 12.5 Å². The van der Waals surface area contributed by atoms with Gasteiger partial charge in [0.25, 0.3) is 0 Å². The number of urea groups is 1. The molecule has 2 amide bonds. The molecule has 3 N–H and O–H groups in total. The molecule has 0 radical (unpaired) electrons. The highest BCUT2D eigenvalue weighted by atomic mass is 16.4. The highest BCUT2D eigenvalue weighted by Gasteiger charge is 2.37. The van der Waals surface area contributed by atoms with E-state index < -0.39 is 12.0 Å². The molecule has 1 aliphatic carbocycles. The zero-order valence-electron chi connectivity index (χ0n) is 11.6. The summed E-state index contributed by atoms with van der Waals surface area (Å²) in [5, 5.41) is 14.3. The summed E-state index contributed by atoms with van der Waals surface area (Å²) in [6.07, 6.45) is 1.77. The monoisotopic (exact) mass is 256 g/mol. The summed E-state index contributed by atoms with van der Waals surface area (Å²) in [6.45, 7) is 8.89. The molecule has 0 bridgehead atoms. The average Bonchev–Trinajstić information content (AvgIpc) is 3.06. The van der Waals surface area contributed by atoms with Gasteiger partial charge < -0.3 is 15.7 Å². The van der Waals surface area contributed by atoms with Crippen LogP contribution in [0.2, 0.25) is 0 Å². The lowest BCUT2D eigenvalue weighted by Crippen LogP contribution is -2.49. The van der Waals surface area contributed by atoms with Crippen LogP contribution in [0.5, 0.6) is 0 Å². The fourth-order valence-electron chi connectivity index (χ4n) is 1.52. The zero-order chi connectivity index (χ0) is 13.9. The zero-order valence-corrected chi connectivity index (χ0v) is 11.6. The van der Waals surface area contributed by atoms with Gasteiger partial charge in [0, 0.05) is 6.54 Å². The van der Waals surface area contributed by atoms with E-state index in [1.54, 1.807) is 0 Å². The molecule has 18 heavy (non-hydrogen) atoms. The van der Waals surface area contributed by atoms with Gasteiger partial charge in [-0.25, -0.2) is 9.59 Å². The van der Waals surface area contributed by atoms with Crippen molar-refractivity contribution in [3.05, 3.63) is 0 Å². The number of nitrogens with one attached hydrogen (secondary N) is 2. The summed E-state index contributed by atoms with van der Waals surface area (Å²) in [7, 11) is 0. The van der Waals surface area contributed by atoms with Gasteiger partial charge in [-0.2, -0.15) is 0 Å². The van der Waals surface area contributed by atoms with E-state index in [4.69, 9.17) is 5.11 Å². The predicted molar refractivity (Wildman–Crippen MR) is 69.3 cm³/mol. The van der Waals surface area contributed by atoms with Crippen molar-refractivity contribution in [1.82, 2.24) is 10.6 Å². The largest absolute Gasteiger partial charge is 0.480 e. The van der Waals surface area contributed by atoms with Gasteiger partial charge in [0.1, 0.15) is 6.04 Å². The molecule has 1 atom stereocenters. The van der Waals surface area contributed by atoms with Crippen LogP contribution in [0.1, 0.15) is 40.5 Å². The van der Waals surface area contributed by atoms with Gasteiger partial charge in [-0.05, 0) is 30.1 Å². The van der Waals surface area contributed by atoms with Crippen LogP contribution in [0.4, 0.5) is 4.79 Å². The van der Waals surface area contributed by atoms with Crippen LogP contribution in [-0.2, 0) is 4.79 Å². The molecule has 1 rings (SSSR count). The molecule has 104 valence electrons. The first kappa shape index (κ1) is 14.8. The molecule has 1 aliphatic rings. The first-order chi connectivity index (χ1) is 8.24. The maximum atomic E-state index is 11.7. The standard InChI is InChI=1S/C13H24N2O3/c1-8(2)13(3,4)7-14-12(18)15-10(11(16)17)9-5-6-9/h8-10H,5-7H2,1-4H3,(H,16,17)(H2,14,15,18). The second-order valence-electron chi connectivity index (χ2n) is 6.12. The van der Waals surface area contributed by atoms with Crippen LogP contribution in [0.15, 0.2) is 0 Å². The number of hydrogen-bond donors (Lipinski definition) is 3. The van der Waals surface area contributed by atoms with E-state index in [1.807, 2.05) is 0 Å². The number of carboxylic acids is 1. The number of amides is 2. The number of rotatable bonds is 6. The normalized spacial score (nSPS) is 17.4. The quantitative estimate of drug-likeness (QED) is 0.678. The molecule has 0 aliphatic heterocycles. The van der Waals surface area contributed by atoms with Gasteiger partial charge in [0.15, 0.2) is 0 Å². The second kappa shape index (κ2) is 5.59. The van der Waals surface area contributed by atoms with Crippen molar-refractivity contribution in [2.24, 2.45) is 17.3 Å². The summed E-state index contributed by atoms with van der Waals surface area (Å²) in [5.41, 5.74) is -0.00432. The highest BCUT2D eigenvalue weighted by Crippen LogP contribution is 2.32. The van der Waals surface area contributed by atoms with Gasteiger partial charge in [0.2, 0.25) is 0 Å². The lowest BCUT2D eigenvalue weighted by molar-refractivity contribution is -0.139. The molecule has 1 unspecified atom stereocenters. The minimum absolute atomic E-state index is 0.00432. The fourth-order valence-corrected chi connectivity index (χ4v) is 1.52. The van der Waals surface area contributed by atoms with Crippen molar-refractivity contribution in [2.75, 3.05) is 6.54 Å². The number of hydrogen-bond acceptors (Lipinski definition) is 2. The number of carboxylic acid groups (broad SMARTS) is 1. The highest BCUT2D eigenvalue weighted by molar-refractivity contribution is 5.83. The number of aliphatic carboxylic acids is 1. The van der Waals surface area contributed by atoms with E-state index >= 15 is 0 Å². The molecule has 0 aromatic heterocycles. The average molecular weight is 256 g/mol. The topological polar surface area (TPSA) is 78.4 Å². The van der Waals surface area contributed by atoms with Crippen LogP contribution >= 0.6 is 0 Å². The Morgan fingerprint density at radius 1 is 1.33 bits per heavy atom. The van der Waals surface area contributed by atoms with Crippen LogP contribution in [0.3, 0.4) is 0 Å². The van der Waals surface area contributed by atoms with Crippen LogP contribution in [0, 0.1) is 17.3 Å². The third-order valence-corrected chi connectivity index (χ3v) is 3.91. The smallest absolute Gasteiger partial charge is 0.326 e. The molecular formula is C13H24N2O3. The van der Waals surface area contributed by atoms with E-state index in [1.165, 1.54) is 0 Å². The Morgan fingerprint density at radius 3 is 2.28 bits per heavy atom. The molecule has 0 saturated heterocycles. The van der Waals surface area contributed by atoms with Gasteiger partial charge in [0.05, 0.1) is 0 Å². The van der Waals surface area contributed by atoms with Crippen molar-refractivity contribution < 1.29 is 14.7 Å². The van der Waals surface area contributed by atoms with Crippen LogP contribution in [0.25, 0.3) is 0 Å². The Bertz CT molecular complexity index is 322. The molecule has 0 spiro atoms. The summed E-state index contributed by atoms with van der Waals surface area (Å²) >= 11 is 0. The molecular weight excluding hydrogens is 232 g/mol. The molecule has 1 saturated carbocycles. The van der Waals surface area contributed by atoms with Gasteiger partial charge in [-0.1, -0.05) is 27.7 Å². The first-order valence-corrected chi connectivity index (χ1v) is 6.51. The lowest BCUT2D eigenvalue weighted by Gasteiger charge is -2.29. The Kier molecular flexibility index (Phi) is 4.59. The molecule has 0 aromatic carbocycles. The molecule has 0 aromatic rings. The first-order valence-electron chi connectivity index (χ1n) is 6.51. The van der Waals surface area contributed by atoms with Crippen molar-refractivity contribution in [2.45, 2.75) is 46.6 Å². The van der Waals surface area contributed by atoms with Crippen molar-refractivity contribution in [3.8, 4) is 0 Å². The Balaban J connectivity index is 2.39. The van der Waals surface area contributed by atoms with Crippen LogP contribution in [-0.4, -0.2) is 29.7 Å². The van der Waals surface area contributed by atoms with E-state index in [2.05, 4.69) is 38.3 Å². The van der Waals surface area contributed by atoms with Crippen LogP contribution < -0.4 is 10.6 Å². The minimum Gasteiger partial charge on any atom is -0.480 e. The molecule has 5 nitrogen and oxygen atoms in total. The van der Waals surface area contributed by atoms with Gasteiger partial charge in [-0.3, -0.25) is 0 Å². The fraction of sp³-hybridized carbons (Fsp3) is 0.846. The second-order valence-corrected chi connectivity index (χ2v) is 6.12. The van der Waals surface area contributed by atoms with E-state index in [9.17, 15) is 9.59 Å². The maximum Gasteiger partial charge on any atom is 0.326 e. The maximum absolute atomic E-state index is 11.7. The van der Waals surface area contributed by atoms with Gasteiger partial charge >= 0.3 is 12.0 Å². The van der Waals surface area contributed by atoms with Crippen molar-refractivity contribution in [3.63, 3.8) is 0 Å².